The van der Waals surface area contributed by atoms with Crippen molar-refractivity contribution in [3.8, 4) is 24.0 Å². The van der Waals surface area contributed by atoms with Gasteiger partial charge in [0, 0.05) is 0 Å². The van der Waals surface area contributed by atoms with E-state index in [4.69, 9.17) is 20.0 Å². The number of hydrogen-bond donors (Lipinski definition) is 0. The summed E-state index contributed by atoms with van der Waals surface area (Å²) in [4.78, 5) is 0. The van der Waals surface area contributed by atoms with Gasteiger partial charge in [0.1, 0.15) is 11.5 Å². The van der Waals surface area contributed by atoms with Crippen LogP contribution < -0.4 is 9.47 Å². The SMILES string of the molecule is CC(C)C12CC3(c4ccc(OC#N)cc4)CC(c4ccc(OC#N)cc4)(C1)CC(C(C)(C)C)(C3)C2. The van der Waals surface area contributed by atoms with Gasteiger partial charge in [-0.2, -0.15) is 0 Å². The van der Waals surface area contributed by atoms with Gasteiger partial charge in [0.05, 0.1) is 0 Å². The zero-order chi connectivity index (χ0) is 25.1. The van der Waals surface area contributed by atoms with Gasteiger partial charge >= 0.3 is 0 Å². The first kappa shape index (κ1) is 23.7. The van der Waals surface area contributed by atoms with E-state index in [9.17, 15) is 0 Å². The lowest BCUT2D eigenvalue weighted by Crippen LogP contribution is -2.68. The van der Waals surface area contributed by atoms with E-state index in [2.05, 4.69) is 58.9 Å². The zero-order valence-corrected chi connectivity index (χ0v) is 21.6. The van der Waals surface area contributed by atoms with Crippen LogP contribution in [0, 0.1) is 45.2 Å². The highest BCUT2D eigenvalue weighted by atomic mass is 16.5. The van der Waals surface area contributed by atoms with E-state index < -0.39 is 0 Å². The number of rotatable bonds is 5. The van der Waals surface area contributed by atoms with Gasteiger partial charge in [-0.25, -0.2) is 0 Å². The van der Waals surface area contributed by atoms with Crippen molar-refractivity contribution in [1.82, 2.24) is 0 Å². The second-order valence-electron chi connectivity index (χ2n) is 13.1. The fourth-order valence-electron chi connectivity index (χ4n) is 8.59. The molecule has 4 heteroatoms. The molecule has 2 aromatic rings. The highest BCUT2D eigenvalue weighted by Crippen LogP contribution is 2.78. The van der Waals surface area contributed by atoms with Crippen LogP contribution in [0.3, 0.4) is 0 Å². The number of ether oxygens (including phenoxy) is 2. The Morgan fingerprint density at radius 1 is 0.686 bits per heavy atom. The third-order valence-electron chi connectivity index (χ3n) is 10.2. The van der Waals surface area contributed by atoms with Crippen LogP contribution in [-0.4, -0.2) is 0 Å². The van der Waals surface area contributed by atoms with Crippen LogP contribution in [0.15, 0.2) is 48.5 Å². The molecule has 4 aliphatic rings. The van der Waals surface area contributed by atoms with Crippen LogP contribution >= 0.6 is 0 Å². The Kier molecular flexibility index (Phi) is 5.27. The summed E-state index contributed by atoms with van der Waals surface area (Å²) >= 11 is 0. The molecule has 4 nitrogen and oxygen atoms in total. The van der Waals surface area contributed by atoms with Gasteiger partial charge < -0.3 is 9.47 Å². The predicted molar refractivity (Wildman–Crippen MR) is 136 cm³/mol. The summed E-state index contributed by atoms with van der Waals surface area (Å²) in [7, 11) is 0. The molecule has 0 aliphatic heterocycles. The zero-order valence-electron chi connectivity index (χ0n) is 21.6. The second-order valence-corrected chi connectivity index (χ2v) is 13.1. The van der Waals surface area contributed by atoms with Crippen LogP contribution in [0.4, 0.5) is 0 Å². The van der Waals surface area contributed by atoms with E-state index >= 15 is 0 Å². The summed E-state index contributed by atoms with van der Waals surface area (Å²) in [6.07, 6.45) is 10.8. The van der Waals surface area contributed by atoms with Gasteiger partial charge in [0.2, 0.25) is 0 Å². The molecule has 2 aromatic carbocycles. The first-order valence-corrected chi connectivity index (χ1v) is 12.8. The Morgan fingerprint density at radius 3 is 1.46 bits per heavy atom. The summed E-state index contributed by atoms with van der Waals surface area (Å²) in [5.41, 5.74) is 3.61. The lowest BCUT2D eigenvalue weighted by molar-refractivity contribution is -0.196. The number of hydrogen-bond acceptors (Lipinski definition) is 4. The molecule has 4 bridgehead atoms. The molecular formula is C31H36N2O2. The van der Waals surface area contributed by atoms with Crippen molar-refractivity contribution < 1.29 is 9.47 Å². The first-order chi connectivity index (χ1) is 16.5. The van der Waals surface area contributed by atoms with Gasteiger partial charge in [-0.15, -0.1) is 10.5 Å². The fourth-order valence-corrected chi connectivity index (χ4v) is 8.59. The van der Waals surface area contributed by atoms with Crippen LogP contribution in [-0.2, 0) is 10.8 Å². The van der Waals surface area contributed by atoms with E-state index in [1.165, 1.54) is 43.2 Å². The van der Waals surface area contributed by atoms with Gasteiger partial charge in [-0.05, 0) is 107 Å². The first-order valence-electron chi connectivity index (χ1n) is 12.8. The molecule has 182 valence electrons. The summed E-state index contributed by atoms with van der Waals surface area (Å²) in [5, 5.41) is 17.9. The van der Waals surface area contributed by atoms with Gasteiger partial charge in [-0.3, -0.25) is 0 Å². The normalized spacial score (nSPS) is 33.3. The van der Waals surface area contributed by atoms with Crippen molar-refractivity contribution in [3.05, 3.63) is 59.7 Å². The molecule has 2 unspecified atom stereocenters. The van der Waals surface area contributed by atoms with Gasteiger partial charge in [0.15, 0.2) is 0 Å². The van der Waals surface area contributed by atoms with Crippen molar-refractivity contribution in [1.29, 1.82) is 10.5 Å². The second kappa shape index (κ2) is 7.76. The molecule has 35 heavy (non-hydrogen) atoms. The standard InChI is InChI=1S/C31H36N2O2/c1-22(2)28-14-29(23-6-10-25(11-7-23)34-20-32)16-30(15-28,19-31(17-28,18-29)27(3,4)5)24-8-12-26(13-9-24)35-21-33/h6-13,22H,14-19H2,1-5H3. The fraction of sp³-hybridized carbons (Fsp3) is 0.548. The van der Waals surface area contributed by atoms with Crippen molar-refractivity contribution in [2.45, 2.75) is 84.0 Å². The van der Waals surface area contributed by atoms with Crippen molar-refractivity contribution >= 4 is 0 Å². The average Bonchev–Trinajstić information content (AvgIpc) is 2.79. The van der Waals surface area contributed by atoms with E-state index in [0.29, 0.717) is 17.4 Å². The Balaban J connectivity index is 1.69. The minimum Gasteiger partial charge on any atom is -0.388 e. The number of nitriles is 2. The van der Waals surface area contributed by atoms with Gasteiger partial charge in [-0.1, -0.05) is 58.9 Å². The maximum absolute atomic E-state index is 8.95. The van der Waals surface area contributed by atoms with E-state index in [0.717, 1.165) is 6.42 Å². The molecule has 4 fully saturated rings. The van der Waals surface area contributed by atoms with E-state index in [1.807, 2.05) is 24.3 Å². The molecule has 0 saturated heterocycles. The molecule has 4 saturated carbocycles. The maximum Gasteiger partial charge on any atom is 0.292 e. The largest absolute Gasteiger partial charge is 0.388 e. The molecule has 0 aromatic heterocycles. The molecule has 4 aliphatic carbocycles. The van der Waals surface area contributed by atoms with Gasteiger partial charge in [0.25, 0.3) is 12.5 Å². The Bertz CT molecular complexity index is 1120. The molecule has 2 atom stereocenters. The van der Waals surface area contributed by atoms with E-state index in [-0.39, 0.29) is 27.1 Å². The Labute approximate surface area is 209 Å². The maximum atomic E-state index is 8.95. The molecule has 0 amide bonds. The third-order valence-corrected chi connectivity index (χ3v) is 10.2. The predicted octanol–water partition coefficient (Wildman–Crippen LogP) is 7.64. The monoisotopic (exact) mass is 468 g/mol. The molecular weight excluding hydrogens is 432 g/mol. The average molecular weight is 469 g/mol. The summed E-state index contributed by atoms with van der Waals surface area (Å²) in [6.45, 7) is 12.2. The topological polar surface area (TPSA) is 66.0 Å². The Morgan fingerprint density at radius 2 is 1.11 bits per heavy atom. The molecule has 0 spiro atoms. The molecule has 0 N–H and O–H groups in total. The lowest BCUT2D eigenvalue weighted by atomic mass is 9.29. The van der Waals surface area contributed by atoms with Crippen molar-refractivity contribution in [2.75, 3.05) is 0 Å². The summed E-state index contributed by atoms with van der Waals surface area (Å²) in [6, 6.07) is 16.7. The molecule has 6 rings (SSSR count). The van der Waals surface area contributed by atoms with Crippen LogP contribution in [0.25, 0.3) is 0 Å². The minimum atomic E-state index is 0.0826. The van der Waals surface area contributed by atoms with Crippen molar-refractivity contribution in [2.24, 2.45) is 22.2 Å². The van der Waals surface area contributed by atoms with Crippen LogP contribution in [0.5, 0.6) is 11.5 Å². The third kappa shape index (κ3) is 3.53. The molecule has 0 heterocycles. The van der Waals surface area contributed by atoms with E-state index in [1.54, 1.807) is 12.5 Å². The van der Waals surface area contributed by atoms with Crippen LogP contribution in [0.2, 0.25) is 0 Å². The van der Waals surface area contributed by atoms with Crippen LogP contribution in [0.1, 0.15) is 84.3 Å². The highest BCUT2D eigenvalue weighted by molar-refractivity contribution is 5.43. The summed E-state index contributed by atoms with van der Waals surface area (Å²) in [5.74, 6) is 1.80. The minimum absolute atomic E-state index is 0.0826. The molecule has 0 radical (unpaired) electrons. The summed E-state index contributed by atoms with van der Waals surface area (Å²) < 4.78 is 10.2. The highest BCUT2D eigenvalue weighted by Gasteiger charge is 2.71. The lowest BCUT2D eigenvalue weighted by Gasteiger charge is -2.75. The number of benzene rings is 2. The van der Waals surface area contributed by atoms with Crippen molar-refractivity contribution in [3.63, 3.8) is 0 Å². The number of nitrogens with zero attached hydrogens (tertiary/aromatic N) is 2. The Hall–Kier alpha value is -2.98. The quantitative estimate of drug-likeness (QED) is 0.423. The smallest absolute Gasteiger partial charge is 0.292 e.